The molecule has 0 aliphatic rings. The molecule has 4 nitrogen and oxygen atoms in total. The topological polar surface area (TPSA) is 66.0 Å². The number of alkyl halides is 3. The van der Waals surface area contributed by atoms with Crippen LogP contribution in [0, 0.1) is 0 Å². The number of hydrogen-bond acceptors (Lipinski definition) is 4. The molecule has 2 N–H and O–H groups in total. The highest BCUT2D eigenvalue weighted by atomic mass is 32.2. The number of aromatic amines is 1. The summed E-state index contributed by atoms with van der Waals surface area (Å²) in [6.45, 7) is 0. The van der Waals surface area contributed by atoms with Gasteiger partial charge < -0.3 is 5.11 Å². The second-order valence-electron chi connectivity index (χ2n) is 7.79. The van der Waals surface area contributed by atoms with Crippen LogP contribution in [0.3, 0.4) is 0 Å². The first-order valence-electron chi connectivity index (χ1n) is 10.3. The number of nitrogens with zero attached hydrogens (tertiary/aromatic N) is 1. The fraction of sp³-hybridized carbons (Fsp3) is 0.120. The smallest absolute Gasteiger partial charge is 0.416 e. The summed E-state index contributed by atoms with van der Waals surface area (Å²) in [4.78, 5) is 12.0. The zero-order valence-electron chi connectivity index (χ0n) is 17.5. The van der Waals surface area contributed by atoms with E-state index in [4.69, 9.17) is 5.11 Å². The zero-order valence-corrected chi connectivity index (χ0v) is 19.1. The normalized spacial score (nSPS) is 12.9. The maximum atomic E-state index is 13.5. The van der Waals surface area contributed by atoms with Crippen molar-refractivity contribution in [1.29, 1.82) is 0 Å². The number of carbonyl (C=O) groups is 1. The number of nitrogens with one attached hydrogen (secondary N) is 1. The van der Waals surface area contributed by atoms with Gasteiger partial charge in [0.05, 0.1) is 28.9 Å². The average molecular weight is 499 g/mol. The minimum Gasteiger partial charge on any atom is -0.481 e. The first kappa shape index (κ1) is 22.5. The summed E-state index contributed by atoms with van der Waals surface area (Å²) in [7, 11) is 0. The van der Waals surface area contributed by atoms with Gasteiger partial charge in [-0.2, -0.15) is 18.3 Å². The van der Waals surface area contributed by atoms with Crippen molar-refractivity contribution in [2.75, 3.05) is 0 Å². The monoisotopic (exact) mass is 498 g/mol. The Morgan fingerprint density at radius 1 is 1.12 bits per heavy atom. The molecule has 1 atom stereocenters. The van der Waals surface area contributed by atoms with E-state index < -0.39 is 23.0 Å². The van der Waals surface area contributed by atoms with Crippen LogP contribution in [0.4, 0.5) is 13.2 Å². The van der Waals surface area contributed by atoms with Crippen LogP contribution in [-0.2, 0) is 17.4 Å². The SMILES string of the molecule is O=C(O)Cc1csc2cc(SC(c3cccc(C(F)(F)F)c3)c3cccc4cn[nH]c34)ccc12. The van der Waals surface area contributed by atoms with E-state index in [1.54, 1.807) is 12.3 Å². The second-order valence-corrected chi connectivity index (χ2v) is 9.88. The molecule has 0 amide bonds. The van der Waals surface area contributed by atoms with Crippen LogP contribution in [0.15, 0.2) is 77.1 Å². The highest BCUT2D eigenvalue weighted by Crippen LogP contribution is 2.45. The van der Waals surface area contributed by atoms with Gasteiger partial charge in [-0.15, -0.1) is 23.1 Å². The van der Waals surface area contributed by atoms with Gasteiger partial charge in [0.15, 0.2) is 0 Å². The molecule has 0 aliphatic heterocycles. The summed E-state index contributed by atoms with van der Waals surface area (Å²) in [5, 5.41) is 19.4. The minimum atomic E-state index is -4.44. The highest BCUT2D eigenvalue weighted by Gasteiger charge is 2.31. The standard InChI is InChI=1S/C25H17F3N2O2S2/c26-25(27,28)17-5-1-3-14(9-17)24(20-6-2-4-15-12-29-30-23(15)20)34-18-7-8-19-16(10-22(31)32)13-33-21(19)11-18/h1-9,11-13,24H,10H2,(H,29,30)(H,31,32). The summed E-state index contributed by atoms with van der Waals surface area (Å²) in [6, 6.07) is 16.8. The third-order valence-electron chi connectivity index (χ3n) is 5.53. The number of hydrogen-bond donors (Lipinski definition) is 2. The van der Waals surface area contributed by atoms with Gasteiger partial charge in [0.25, 0.3) is 0 Å². The second kappa shape index (κ2) is 8.81. The van der Waals surface area contributed by atoms with Crippen LogP contribution < -0.4 is 0 Å². The minimum absolute atomic E-state index is 0.0544. The molecule has 1 unspecified atom stereocenters. The molecule has 3 aromatic carbocycles. The predicted molar refractivity (Wildman–Crippen MR) is 128 cm³/mol. The average Bonchev–Trinajstić information content (AvgIpc) is 3.43. The first-order valence-corrected chi connectivity index (χ1v) is 12.0. The van der Waals surface area contributed by atoms with Gasteiger partial charge in [-0.05, 0) is 45.7 Å². The van der Waals surface area contributed by atoms with Crippen molar-refractivity contribution in [2.24, 2.45) is 0 Å². The number of thioether (sulfide) groups is 1. The number of H-pyrrole nitrogens is 1. The number of benzene rings is 3. The number of thiophene rings is 1. The lowest BCUT2D eigenvalue weighted by atomic mass is 10.0. The van der Waals surface area contributed by atoms with E-state index in [0.717, 1.165) is 43.1 Å². The summed E-state index contributed by atoms with van der Waals surface area (Å²) in [5.41, 5.74) is 2.19. The quantitative estimate of drug-likeness (QED) is 0.241. The summed E-state index contributed by atoms with van der Waals surface area (Å²) in [6.07, 6.45) is -2.81. The summed E-state index contributed by atoms with van der Waals surface area (Å²) >= 11 is 2.90. The van der Waals surface area contributed by atoms with E-state index >= 15 is 0 Å². The van der Waals surface area contributed by atoms with Crippen LogP contribution in [0.2, 0.25) is 0 Å². The number of para-hydroxylation sites is 1. The van der Waals surface area contributed by atoms with Crippen molar-refractivity contribution in [2.45, 2.75) is 22.7 Å². The van der Waals surface area contributed by atoms with Gasteiger partial charge in [0.2, 0.25) is 0 Å². The molecule has 2 aromatic heterocycles. The molecule has 34 heavy (non-hydrogen) atoms. The third kappa shape index (κ3) is 4.41. The Balaban J connectivity index is 1.59. The maximum Gasteiger partial charge on any atom is 0.416 e. The number of rotatable bonds is 6. The van der Waals surface area contributed by atoms with Crippen molar-refractivity contribution in [3.05, 3.63) is 94.5 Å². The maximum absolute atomic E-state index is 13.5. The Hall–Kier alpha value is -3.30. The molecule has 9 heteroatoms. The fourth-order valence-electron chi connectivity index (χ4n) is 3.97. The Morgan fingerprint density at radius 3 is 2.74 bits per heavy atom. The van der Waals surface area contributed by atoms with E-state index in [2.05, 4.69) is 10.2 Å². The van der Waals surface area contributed by atoms with Gasteiger partial charge in [-0.3, -0.25) is 9.89 Å². The Bertz CT molecular complexity index is 1510. The lowest BCUT2D eigenvalue weighted by molar-refractivity contribution is -0.138. The number of fused-ring (bicyclic) bond motifs is 2. The largest absolute Gasteiger partial charge is 0.481 e. The van der Waals surface area contributed by atoms with E-state index in [0.29, 0.717) is 5.56 Å². The van der Waals surface area contributed by atoms with Gasteiger partial charge in [0.1, 0.15) is 0 Å². The van der Waals surface area contributed by atoms with Gasteiger partial charge >= 0.3 is 12.1 Å². The molecular formula is C25H17F3N2O2S2. The zero-order chi connectivity index (χ0) is 23.9. The van der Waals surface area contributed by atoms with E-state index in [1.165, 1.54) is 35.2 Å². The van der Waals surface area contributed by atoms with E-state index in [1.807, 2.05) is 41.8 Å². The van der Waals surface area contributed by atoms with E-state index in [9.17, 15) is 18.0 Å². The predicted octanol–water partition coefficient (Wildman–Crippen LogP) is 7.31. The van der Waals surface area contributed by atoms with Crippen molar-refractivity contribution in [3.8, 4) is 0 Å². The number of halogens is 3. The molecule has 172 valence electrons. The van der Waals surface area contributed by atoms with Crippen molar-refractivity contribution >= 4 is 50.1 Å². The van der Waals surface area contributed by atoms with Crippen molar-refractivity contribution in [3.63, 3.8) is 0 Å². The lowest BCUT2D eigenvalue weighted by Gasteiger charge is -2.20. The van der Waals surface area contributed by atoms with Gasteiger partial charge in [-0.25, -0.2) is 0 Å². The van der Waals surface area contributed by atoms with Gasteiger partial charge in [-0.1, -0.05) is 42.5 Å². The van der Waals surface area contributed by atoms with Crippen LogP contribution in [-0.4, -0.2) is 21.3 Å². The van der Waals surface area contributed by atoms with Crippen molar-refractivity contribution < 1.29 is 23.1 Å². The van der Waals surface area contributed by atoms with Crippen LogP contribution in [0.5, 0.6) is 0 Å². The third-order valence-corrected chi connectivity index (χ3v) is 7.81. The fourth-order valence-corrected chi connectivity index (χ4v) is 6.26. The molecule has 0 fully saturated rings. The highest BCUT2D eigenvalue weighted by molar-refractivity contribution is 7.99. The molecule has 0 bridgehead atoms. The van der Waals surface area contributed by atoms with Crippen molar-refractivity contribution in [1.82, 2.24) is 10.2 Å². The van der Waals surface area contributed by atoms with Crippen LogP contribution in [0.25, 0.3) is 21.0 Å². The molecule has 0 saturated carbocycles. The first-order chi connectivity index (χ1) is 16.3. The Labute approximate surface area is 200 Å². The molecule has 0 saturated heterocycles. The lowest BCUT2D eigenvalue weighted by Crippen LogP contribution is -2.07. The van der Waals surface area contributed by atoms with Crippen LogP contribution in [0.1, 0.15) is 27.5 Å². The molecule has 2 heterocycles. The molecule has 5 aromatic rings. The number of carboxylic acids is 1. The summed E-state index contributed by atoms with van der Waals surface area (Å²) in [5.74, 6) is -0.893. The number of carboxylic acid groups (broad SMARTS) is 1. The van der Waals surface area contributed by atoms with E-state index in [-0.39, 0.29) is 6.42 Å². The molecular weight excluding hydrogens is 481 g/mol. The Morgan fingerprint density at radius 2 is 1.94 bits per heavy atom. The molecule has 0 radical (unpaired) electrons. The number of aromatic nitrogens is 2. The molecule has 5 rings (SSSR count). The summed E-state index contributed by atoms with van der Waals surface area (Å²) < 4.78 is 41.3. The van der Waals surface area contributed by atoms with Gasteiger partial charge in [0, 0.05) is 15.0 Å². The molecule has 0 aliphatic carbocycles. The van der Waals surface area contributed by atoms with Crippen LogP contribution >= 0.6 is 23.1 Å². The Kier molecular flexibility index (Phi) is 5.83. The molecule has 0 spiro atoms. The number of aliphatic carboxylic acids is 1.